The maximum atomic E-state index is 14.1. The average molecular weight is 536 g/mol. The van der Waals surface area contributed by atoms with Crippen molar-refractivity contribution in [3.8, 4) is 18.1 Å². The fourth-order valence-electron chi connectivity index (χ4n) is 4.09. The molecular formula is C31H41N3O5. The zero-order valence-corrected chi connectivity index (χ0v) is 24.2. The van der Waals surface area contributed by atoms with E-state index in [0.717, 1.165) is 0 Å². The summed E-state index contributed by atoms with van der Waals surface area (Å²) in [6.45, 7) is 12.9. The Bertz CT molecular complexity index is 1160. The first-order chi connectivity index (χ1) is 18.2. The fourth-order valence-corrected chi connectivity index (χ4v) is 4.09. The lowest BCUT2D eigenvalue weighted by Crippen LogP contribution is -2.54. The first-order valence-corrected chi connectivity index (χ1v) is 13.1. The molecule has 3 amide bonds. The van der Waals surface area contributed by atoms with Gasteiger partial charge in [-0.1, -0.05) is 31.9 Å². The van der Waals surface area contributed by atoms with Gasteiger partial charge in [0.15, 0.2) is 0 Å². The molecule has 2 aromatic carbocycles. The topological polar surface area (TPSA) is 97.0 Å². The molecule has 2 aromatic rings. The van der Waals surface area contributed by atoms with Crippen LogP contribution in [0.3, 0.4) is 0 Å². The van der Waals surface area contributed by atoms with E-state index < -0.39 is 29.7 Å². The number of ether oxygens (including phenoxy) is 2. The van der Waals surface area contributed by atoms with Gasteiger partial charge in [0, 0.05) is 17.3 Å². The molecule has 2 unspecified atom stereocenters. The third kappa shape index (κ3) is 9.36. The van der Waals surface area contributed by atoms with Gasteiger partial charge in [0.1, 0.15) is 23.4 Å². The maximum Gasteiger partial charge on any atom is 0.408 e. The summed E-state index contributed by atoms with van der Waals surface area (Å²) in [5.74, 6) is 2.52. The third-order valence-electron chi connectivity index (χ3n) is 5.78. The number of nitrogens with zero attached hydrogens (tertiary/aromatic N) is 1. The van der Waals surface area contributed by atoms with Crippen molar-refractivity contribution in [2.45, 2.75) is 78.6 Å². The first-order valence-electron chi connectivity index (χ1n) is 13.1. The van der Waals surface area contributed by atoms with E-state index in [1.54, 1.807) is 76.4 Å². The number of carbonyl (C=O) groups is 3. The highest BCUT2D eigenvalue weighted by Gasteiger charge is 2.38. The molecule has 0 aliphatic carbocycles. The van der Waals surface area contributed by atoms with Crippen molar-refractivity contribution in [1.82, 2.24) is 10.2 Å². The molecule has 0 aromatic heterocycles. The number of hydrogen-bond donors (Lipinski definition) is 2. The van der Waals surface area contributed by atoms with Gasteiger partial charge in [-0.3, -0.25) is 9.59 Å². The van der Waals surface area contributed by atoms with E-state index in [0.29, 0.717) is 29.0 Å². The Hall–Kier alpha value is -3.99. The van der Waals surface area contributed by atoms with Crippen molar-refractivity contribution < 1.29 is 23.9 Å². The summed E-state index contributed by atoms with van der Waals surface area (Å²) in [5.41, 5.74) is 1.06. The van der Waals surface area contributed by atoms with E-state index in [2.05, 4.69) is 16.6 Å². The number of amides is 3. The SMILES string of the molecule is C#Cc1ccc(C(C(=O)Nc2ccc(OC)cc2)N(C(=O)C(CC(C)C)NC(=O)OC(C)(C)C)C(C)C)cc1. The zero-order chi connectivity index (χ0) is 29.3. The number of anilines is 1. The zero-order valence-electron chi connectivity index (χ0n) is 24.2. The molecule has 210 valence electrons. The normalized spacial score (nSPS) is 12.7. The predicted molar refractivity (Wildman–Crippen MR) is 153 cm³/mol. The summed E-state index contributed by atoms with van der Waals surface area (Å²) in [7, 11) is 1.56. The Morgan fingerprint density at radius 2 is 1.56 bits per heavy atom. The van der Waals surface area contributed by atoms with E-state index in [1.165, 1.54) is 4.90 Å². The molecule has 2 rings (SSSR count). The van der Waals surface area contributed by atoms with Crippen LogP contribution in [0, 0.1) is 18.3 Å². The molecule has 0 saturated heterocycles. The summed E-state index contributed by atoms with van der Waals surface area (Å²) >= 11 is 0. The number of methoxy groups -OCH3 is 1. The quantitative estimate of drug-likeness (QED) is 0.390. The lowest BCUT2D eigenvalue weighted by molar-refractivity contribution is -0.143. The second kappa shape index (κ2) is 13.7. The highest BCUT2D eigenvalue weighted by Crippen LogP contribution is 2.28. The van der Waals surface area contributed by atoms with Crippen LogP contribution in [0.2, 0.25) is 0 Å². The van der Waals surface area contributed by atoms with Gasteiger partial charge < -0.3 is 25.0 Å². The van der Waals surface area contributed by atoms with Gasteiger partial charge >= 0.3 is 6.09 Å². The molecule has 8 nitrogen and oxygen atoms in total. The van der Waals surface area contributed by atoms with Gasteiger partial charge in [0.05, 0.1) is 7.11 Å². The standard InChI is InChI=1S/C31H41N3O5/c1-10-22-11-13-23(14-12-22)27(28(35)32-24-15-17-25(38-9)18-16-24)34(21(4)5)29(36)26(19-20(2)3)33-30(37)39-31(6,7)8/h1,11-18,20-21,26-27H,19H2,2-9H3,(H,32,35)(H,33,37). The molecule has 0 aliphatic rings. The number of rotatable bonds is 10. The molecule has 0 bridgehead atoms. The Balaban J connectivity index is 2.52. The summed E-state index contributed by atoms with van der Waals surface area (Å²) < 4.78 is 10.6. The molecule has 0 spiro atoms. The second-order valence-electron chi connectivity index (χ2n) is 11.1. The molecule has 0 heterocycles. The summed E-state index contributed by atoms with van der Waals surface area (Å²) in [5, 5.41) is 5.66. The van der Waals surface area contributed by atoms with Crippen LogP contribution in [0.5, 0.6) is 5.75 Å². The van der Waals surface area contributed by atoms with E-state index in [9.17, 15) is 14.4 Å². The smallest absolute Gasteiger partial charge is 0.408 e. The van der Waals surface area contributed by atoms with Crippen LogP contribution in [0.25, 0.3) is 0 Å². The molecule has 8 heteroatoms. The molecule has 2 N–H and O–H groups in total. The third-order valence-corrected chi connectivity index (χ3v) is 5.78. The maximum absolute atomic E-state index is 14.1. The van der Waals surface area contributed by atoms with Crippen LogP contribution >= 0.6 is 0 Å². The van der Waals surface area contributed by atoms with Crippen LogP contribution in [0.15, 0.2) is 48.5 Å². The van der Waals surface area contributed by atoms with Crippen molar-refractivity contribution in [2.24, 2.45) is 5.92 Å². The van der Waals surface area contributed by atoms with Crippen LogP contribution in [0.1, 0.15) is 72.1 Å². The summed E-state index contributed by atoms with van der Waals surface area (Å²) in [6.07, 6.45) is 5.21. The minimum absolute atomic E-state index is 0.0874. The highest BCUT2D eigenvalue weighted by atomic mass is 16.6. The Labute approximate surface area is 232 Å². The van der Waals surface area contributed by atoms with Crippen molar-refractivity contribution in [2.75, 3.05) is 12.4 Å². The van der Waals surface area contributed by atoms with Gasteiger partial charge in [-0.2, -0.15) is 0 Å². The monoisotopic (exact) mass is 535 g/mol. The summed E-state index contributed by atoms with van der Waals surface area (Å²) in [4.78, 5) is 42.1. The van der Waals surface area contributed by atoms with Gasteiger partial charge in [-0.05, 0) is 88.9 Å². The average Bonchev–Trinajstić information content (AvgIpc) is 2.85. The number of benzene rings is 2. The Morgan fingerprint density at radius 3 is 2.03 bits per heavy atom. The van der Waals surface area contributed by atoms with Crippen molar-refractivity contribution >= 4 is 23.6 Å². The van der Waals surface area contributed by atoms with Crippen molar-refractivity contribution in [3.05, 3.63) is 59.7 Å². The number of terminal acetylenes is 1. The van der Waals surface area contributed by atoms with Crippen LogP contribution in [-0.2, 0) is 14.3 Å². The minimum atomic E-state index is -0.999. The fraction of sp³-hybridized carbons (Fsp3) is 0.452. The number of hydrogen-bond acceptors (Lipinski definition) is 5. The molecule has 2 atom stereocenters. The Morgan fingerprint density at radius 1 is 0.974 bits per heavy atom. The van der Waals surface area contributed by atoms with Gasteiger partial charge in [-0.15, -0.1) is 6.42 Å². The highest BCUT2D eigenvalue weighted by molar-refractivity contribution is 5.99. The van der Waals surface area contributed by atoms with Gasteiger partial charge in [-0.25, -0.2) is 4.79 Å². The molecule has 0 saturated carbocycles. The number of carbonyl (C=O) groups excluding carboxylic acids is 3. The molecular weight excluding hydrogens is 494 g/mol. The van der Waals surface area contributed by atoms with E-state index in [1.807, 2.05) is 27.7 Å². The molecule has 0 aliphatic heterocycles. The summed E-state index contributed by atoms with van der Waals surface area (Å²) in [6, 6.07) is 11.6. The lowest BCUT2D eigenvalue weighted by Gasteiger charge is -2.37. The predicted octanol–water partition coefficient (Wildman–Crippen LogP) is 5.53. The van der Waals surface area contributed by atoms with Crippen molar-refractivity contribution in [1.29, 1.82) is 0 Å². The molecule has 0 fully saturated rings. The van der Waals surface area contributed by atoms with E-state index >= 15 is 0 Å². The van der Waals surface area contributed by atoms with Crippen LogP contribution in [0.4, 0.5) is 10.5 Å². The van der Waals surface area contributed by atoms with E-state index in [4.69, 9.17) is 15.9 Å². The minimum Gasteiger partial charge on any atom is -0.497 e. The Kier molecular flexibility index (Phi) is 11.0. The number of alkyl carbamates (subject to hydrolysis) is 1. The van der Waals surface area contributed by atoms with Crippen LogP contribution < -0.4 is 15.4 Å². The molecule has 39 heavy (non-hydrogen) atoms. The largest absolute Gasteiger partial charge is 0.497 e. The van der Waals surface area contributed by atoms with E-state index in [-0.39, 0.29) is 17.9 Å². The van der Waals surface area contributed by atoms with Crippen molar-refractivity contribution in [3.63, 3.8) is 0 Å². The van der Waals surface area contributed by atoms with Gasteiger partial charge in [0.25, 0.3) is 5.91 Å². The van der Waals surface area contributed by atoms with Gasteiger partial charge in [0.2, 0.25) is 5.91 Å². The second-order valence-corrected chi connectivity index (χ2v) is 11.1. The first kappa shape index (κ1) is 31.2. The lowest BCUT2D eigenvalue weighted by atomic mass is 9.97. The number of nitrogens with one attached hydrogen (secondary N) is 2. The van der Waals surface area contributed by atoms with Crippen LogP contribution in [-0.4, -0.2) is 47.6 Å². The molecule has 0 radical (unpaired) electrons.